The Morgan fingerprint density at radius 3 is 0.894 bits per heavy atom. The number of nitrogens with zero attached hydrogens (tertiary/aromatic N) is 4. The number of ketones is 2. The lowest BCUT2D eigenvalue weighted by atomic mass is 9.95. The predicted octanol–water partition coefficient (Wildman–Crippen LogP) is 16.0. The van der Waals surface area contributed by atoms with Crippen LogP contribution < -0.4 is 0 Å². The highest BCUT2D eigenvalue weighted by Gasteiger charge is 2.56. The average Bonchev–Trinajstić information content (AvgIpc) is 1.67. The number of carbonyl (C=O) groups is 12. The van der Waals surface area contributed by atoms with Crippen molar-refractivity contribution >= 4 is 190 Å². The van der Waals surface area contributed by atoms with Crippen molar-refractivity contribution in [1.29, 1.82) is 0 Å². The Morgan fingerprint density at radius 2 is 0.574 bits per heavy atom. The number of carbonyl (C=O) groups excluding carboxylic acids is 12. The zero-order chi connectivity index (χ0) is 101. The van der Waals surface area contributed by atoms with Gasteiger partial charge in [0, 0.05) is 123 Å². The van der Waals surface area contributed by atoms with E-state index < -0.39 is 183 Å². The molecule has 0 aliphatic carbocycles. The van der Waals surface area contributed by atoms with Crippen LogP contribution in [0.4, 0.5) is 0 Å². The summed E-state index contributed by atoms with van der Waals surface area (Å²) < 4.78 is 84.9. The normalized spacial score (nSPS) is 24.1. The molecule has 4 fully saturated rings. The molecule has 4 unspecified atom stereocenters. The molecule has 4 N–H and O–H groups in total. The smallest absolute Gasteiger partial charge is 0.303 e. The Morgan fingerprint density at radius 1 is 0.305 bits per heavy atom. The minimum absolute atomic E-state index is 0.155. The summed E-state index contributed by atoms with van der Waals surface area (Å²) in [6.45, 7) is 16.4. The maximum absolute atomic E-state index is 13.8. The number of halogens is 1. The van der Waals surface area contributed by atoms with Crippen LogP contribution >= 0.6 is 45.6 Å². The molecule has 4 saturated heterocycles. The van der Waals surface area contributed by atoms with Crippen molar-refractivity contribution in [2.24, 2.45) is 0 Å². The van der Waals surface area contributed by atoms with E-state index in [4.69, 9.17) is 73.2 Å². The summed E-state index contributed by atoms with van der Waals surface area (Å²) in [5.74, 6) is -5.70. The molecule has 0 bridgehead atoms. The van der Waals surface area contributed by atoms with Crippen molar-refractivity contribution < 1.29 is 140 Å². The average molecular weight is 2010 g/mol. The second kappa shape index (κ2) is 46.0. The minimum Gasteiger partial charge on any atom is -0.456 e. The van der Waals surface area contributed by atoms with Crippen LogP contribution in [-0.4, -0.2) is 213 Å². The fourth-order valence-electron chi connectivity index (χ4n) is 18.0. The van der Waals surface area contributed by atoms with Crippen molar-refractivity contribution in [3.63, 3.8) is 0 Å². The largest absolute Gasteiger partial charge is 0.456 e. The first-order chi connectivity index (χ1) is 67.6. The van der Waals surface area contributed by atoms with Crippen LogP contribution in [0.1, 0.15) is 167 Å². The Hall–Kier alpha value is -13.2. The van der Waals surface area contributed by atoms with Crippen LogP contribution in [-0.2, 0) is 105 Å². The highest BCUT2D eigenvalue weighted by Crippen LogP contribution is 2.45. The number of fused-ring (bicyclic) bond motifs is 7. The minimum atomic E-state index is -1.37. The molecule has 37 heteroatoms. The molecule has 4 aliphatic heterocycles. The molecule has 7 aromatic heterocycles. The first kappa shape index (κ1) is 104. The van der Waals surface area contributed by atoms with E-state index >= 15 is 0 Å². The third-order valence-corrected chi connectivity index (χ3v) is 27.5. The van der Waals surface area contributed by atoms with Crippen LogP contribution in [0.2, 0.25) is 0 Å². The van der Waals surface area contributed by atoms with Gasteiger partial charge in [-0.3, -0.25) is 57.5 Å². The van der Waals surface area contributed by atoms with Gasteiger partial charge in [0.2, 0.25) is 11.6 Å². The zero-order valence-electron chi connectivity index (χ0n) is 78.6. The van der Waals surface area contributed by atoms with Gasteiger partial charge in [0.05, 0.1) is 43.3 Å². The highest BCUT2D eigenvalue weighted by atomic mass is 35.5. The van der Waals surface area contributed by atoms with E-state index in [-0.39, 0.29) is 16.8 Å². The summed E-state index contributed by atoms with van der Waals surface area (Å²) in [5.41, 5.74) is 3.94. The highest BCUT2D eigenvalue weighted by molar-refractivity contribution is 7.22. The van der Waals surface area contributed by atoms with E-state index in [2.05, 4.69) is 0 Å². The maximum atomic E-state index is 13.8. The number of thiophene rings is 3. The summed E-state index contributed by atoms with van der Waals surface area (Å²) in [4.78, 5) is 148. The summed E-state index contributed by atoms with van der Waals surface area (Å²) in [6.07, 6.45) is -11.7. The number of rotatable bonds is 22. The number of hydrogen-bond acceptors (Lipinski definition) is 32. The van der Waals surface area contributed by atoms with Crippen LogP contribution in [0.5, 0.6) is 0 Å². The van der Waals surface area contributed by atoms with E-state index in [0.29, 0.717) is 66.8 Å². The Kier molecular flexibility index (Phi) is 33.8. The van der Waals surface area contributed by atoms with Gasteiger partial charge in [0.15, 0.2) is 79.8 Å². The topological polar surface area (TPSA) is 425 Å². The Bertz CT molecular complexity index is 6610. The van der Waals surface area contributed by atoms with Crippen LogP contribution in [0.25, 0.3) is 73.9 Å². The summed E-state index contributed by atoms with van der Waals surface area (Å²) in [5, 5.41) is 44.9. The molecule has 0 saturated carbocycles. The van der Waals surface area contributed by atoms with Crippen LogP contribution in [0.15, 0.2) is 225 Å². The maximum Gasteiger partial charge on any atom is 0.303 e. The van der Waals surface area contributed by atoms with Crippen molar-refractivity contribution in [3.8, 4) is 0 Å². The van der Waals surface area contributed by atoms with Gasteiger partial charge in [-0.25, -0.2) is 0 Å². The van der Waals surface area contributed by atoms with E-state index in [1.165, 1.54) is 96.3 Å². The van der Waals surface area contributed by atoms with Gasteiger partial charge < -0.3 is 100 Å². The summed E-state index contributed by atoms with van der Waals surface area (Å²) in [7, 11) is 0. The number of aliphatic hydroxyl groups is 4. The number of esters is 9. The number of hydrogen-bond donors (Lipinski definition) is 4. The van der Waals surface area contributed by atoms with Gasteiger partial charge in [-0.2, -0.15) is 0 Å². The summed E-state index contributed by atoms with van der Waals surface area (Å²) >= 11 is 9.60. The lowest BCUT2D eigenvalue weighted by molar-refractivity contribution is -0.262. The molecule has 11 heterocycles. The molecule has 4 aliphatic rings. The molecule has 141 heavy (non-hydrogen) atoms. The molecule has 7 aromatic carbocycles. The molecule has 740 valence electrons. The van der Waals surface area contributed by atoms with Crippen molar-refractivity contribution in [3.05, 3.63) is 251 Å². The van der Waals surface area contributed by atoms with Gasteiger partial charge in [-0.1, -0.05) is 148 Å². The van der Waals surface area contributed by atoms with Crippen molar-refractivity contribution in [2.45, 2.75) is 225 Å². The van der Waals surface area contributed by atoms with Crippen molar-refractivity contribution in [1.82, 2.24) is 18.3 Å². The molecular weight excluding hydrogens is 1900 g/mol. The van der Waals surface area contributed by atoms with E-state index in [1.54, 1.807) is 32.3 Å². The second-order valence-electron chi connectivity index (χ2n) is 33.7. The number of para-hydroxylation sites is 4. The summed E-state index contributed by atoms with van der Waals surface area (Å²) in [6, 6.07) is 62.7. The van der Waals surface area contributed by atoms with E-state index in [1.807, 2.05) is 232 Å². The third kappa shape index (κ3) is 23.5. The molecule has 20 atom stereocenters. The van der Waals surface area contributed by atoms with Gasteiger partial charge in [-0.15, -0.1) is 34.0 Å². The van der Waals surface area contributed by atoms with E-state index in [0.717, 1.165) is 52.1 Å². The number of aliphatic hydroxyl groups excluding tert-OH is 4. The number of aromatic nitrogens is 4. The first-order valence-electron chi connectivity index (χ1n) is 45.4. The fraction of sp³-hybridized carbons (Fsp3) is 0.346. The molecule has 14 aromatic rings. The standard InChI is InChI=1S/2C30H29NO8S.C21H25NO7.C14H17NO5.C9H5ClOS/c2*1-5-23-27(36-16(2)32)28(37-17(3)33)29(38-18(4)34)30(39-23)31-15-21(20-11-7-8-12-22(20)31)26(35)25-14-19-10-6-9-13-24(19)40-25;1-5-17-18(26-12(2)23)19(27-13(3)24)20(28-14(4)25)21(29-17)22-11-10-15-8-6-7-9-16(15)22;16-7-10-11(17)12(18)13(19)14(20-10)15-6-5-8-3-1-2-4-9(8)15;10-9(11)8-5-6-3-1-2-4-7(6)12-8/h2*6-15,23,27-30H,5H2,1-4H3;6-11,17-21H,5H2,1-4H3;1-6,10-14,16-19H,7H2;1-5H/t2*23-,27-,28+,29-,30?;17-,18-,19+,20-,21?;10-,11-,12+,13-,14?;/m1111./s1. The van der Waals surface area contributed by atoms with Crippen molar-refractivity contribution in [2.75, 3.05) is 6.61 Å². The molecular formula is C104H105ClN4O29S3. The Labute approximate surface area is 825 Å². The first-order valence-corrected chi connectivity index (χ1v) is 48.3. The fourth-order valence-corrected chi connectivity index (χ4v) is 21.1. The molecule has 0 radical (unpaired) electrons. The SMILES string of the molecule is CC[C@H]1OC(n2cc(C(=O)c3cc4ccccc4s3)c3ccccc32)[C@H](OC(C)=O)[C@@H](OC(C)=O)[C@@H]1OC(C)=O.CC[C@H]1OC(n2cc(C(=O)c3cc4ccccc4s3)c3ccccc32)[C@H](OC(C)=O)[C@@H](OC(C)=O)[C@@H]1OC(C)=O.CC[C@H]1OC(n2ccc3ccccc32)[C@H](OC(C)=O)[C@@H](OC(C)=O)[C@@H]1OC(C)=O.O=C(Cl)c1cc2ccccc2s1.OC[C@H]1OC(n2ccc3ccccc32)[C@H](O)[C@@H](O)[C@@H]1O. The zero-order valence-corrected chi connectivity index (χ0v) is 81.8. The lowest BCUT2D eigenvalue weighted by Gasteiger charge is -2.45. The molecule has 0 spiro atoms. The monoisotopic (exact) mass is 2000 g/mol. The van der Waals surface area contributed by atoms with Crippen LogP contribution in [0, 0.1) is 0 Å². The third-order valence-electron chi connectivity index (χ3n) is 23.9. The molecule has 0 amide bonds. The number of benzene rings is 7. The Balaban J connectivity index is 0.000000147. The quantitative estimate of drug-likeness (QED) is 0.0212. The predicted molar refractivity (Wildman–Crippen MR) is 522 cm³/mol. The van der Waals surface area contributed by atoms with E-state index in [9.17, 15) is 78.0 Å². The van der Waals surface area contributed by atoms with Gasteiger partial charge in [0.25, 0.3) is 5.24 Å². The lowest BCUT2D eigenvalue weighted by Crippen LogP contribution is -2.59. The molecule has 18 rings (SSSR count). The van der Waals surface area contributed by atoms with Gasteiger partial charge in [0.1, 0.15) is 42.7 Å². The molecule has 33 nitrogen and oxygen atoms in total. The second-order valence-corrected chi connectivity index (χ2v) is 37.3. The van der Waals surface area contributed by atoms with Gasteiger partial charge in [-0.05, 0) is 131 Å². The van der Waals surface area contributed by atoms with Crippen LogP contribution in [0.3, 0.4) is 0 Å². The van der Waals surface area contributed by atoms with Gasteiger partial charge >= 0.3 is 53.7 Å². The number of ether oxygens (including phenoxy) is 13.